The number of rotatable bonds is 4. The van der Waals surface area contributed by atoms with E-state index >= 15 is 0 Å². The normalized spacial score (nSPS) is 9.93. The van der Waals surface area contributed by atoms with Crippen molar-refractivity contribution < 1.29 is 14.8 Å². The third kappa shape index (κ3) is 3.02. The molecular formula is C9H8BrNO4. The Bertz CT molecular complexity index is 405. The Labute approximate surface area is 94.0 Å². The zero-order chi connectivity index (χ0) is 11.4. The van der Waals surface area contributed by atoms with Gasteiger partial charge in [0.2, 0.25) is 6.54 Å². The number of carbonyl (C=O) groups is 1. The highest BCUT2D eigenvalue weighted by Crippen LogP contribution is 2.15. The Morgan fingerprint density at radius 3 is 2.67 bits per heavy atom. The van der Waals surface area contributed by atoms with Crippen LogP contribution in [0.15, 0.2) is 18.2 Å². The van der Waals surface area contributed by atoms with Gasteiger partial charge in [0, 0.05) is 15.8 Å². The average molecular weight is 274 g/mol. The third-order valence-electron chi connectivity index (χ3n) is 1.85. The molecule has 0 aliphatic heterocycles. The first-order valence-electron chi connectivity index (χ1n) is 4.07. The molecule has 0 unspecified atom stereocenters. The van der Waals surface area contributed by atoms with Gasteiger partial charge in [-0.05, 0) is 17.7 Å². The fourth-order valence-electron chi connectivity index (χ4n) is 1.21. The van der Waals surface area contributed by atoms with Gasteiger partial charge in [0.15, 0.2) is 0 Å². The maximum atomic E-state index is 10.8. The van der Waals surface area contributed by atoms with Crippen LogP contribution >= 0.6 is 15.9 Å². The van der Waals surface area contributed by atoms with Crippen LogP contribution < -0.4 is 0 Å². The van der Waals surface area contributed by atoms with E-state index in [-0.39, 0.29) is 11.1 Å². The predicted octanol–water partition coefficient (Wildman–Crippen LogP) is 2.06. The van der Waals surface area contributed by atoms with Crippen LogP contribution in [0.1, 0.15) is 21.5 Å². The third-order valence-corrected chi connectivity index (χ3v) is 2.50. The second kappa shape index (κ2) is 4.88. The molecule has 0 amide bonds. The lowest BCUT2D eigenvalue weighted by molar-refractivity contribution is -0.496. The summed E-state index contributed by atoms with van der Waals surface area (Å²) in [4.78, 5) is 20.6. The van der Waals surface area contributed by atoms with Crippen molar-refractivity contribution in [3.8, 4) is 0 Å². The molecule has 0 saturated carbocycles. The van der Waals surface area contributed by atoms with Gasteiger partial charge in [-0.2, -0.15) is 0 Å². The second-order valence-electron chi connectivity index (χ2n) is 2.92. The van der Waals surface area contributed by atoms with E-state index in [4.69, 9.17) is 5.11 Å². The van der Waals surface area contributed by atoms with Crippen molar-refractivity contribution in [2.75, 3.05) is 0 Å². The standard InChI is InChI=1S/C9H8BrNO4/c10-4-6-1-2-8(9(12)13)7(3-6)5-11(14)15/h1-3H,4-5H2,(H,12,13). The molecule has 0 spiro atoms. The van der Waals surface area contributed by atoms with Crippen molar-refractivity contribution in [2.45, 2.75) is 11.9 Å². The maximum absolute atomic E-state index is 10.8. The van der Waals surface area contributed by atoms with Crippen molar-refractivity contribution in [3.05, 3.63) is 45.0 Å². The highest BCUT2D eigenvalue weighted by Gasteiger charge is 2.14. The first kappa shape index (κ1) is 11.6. The monoisotopic (exact) mass is 273 g/mol. The summed E-state index contributed by atoms with van der Waals surface area (Å²) in [5.41, 5.74) is 1.03. The Balaban J connectivity index is 3.16. The van der Waals surface area contributed by atoms with Crippen molar-refractivity contribution in [3.63, 3.8) is 0 Å². The highest BCUT2D eigenvalue weighted by atomic mass is 79.9. The lowest BCUT2D eigenvalue weighted by atomic mass is 10.0. The molecule has 1 N–H and O–H groups in total. The maximum Gasteiger partial charge on any atom is 0.336 e. The van der Waals surface area contributed by atoms with Gasteiger partial charge >= 0.3 is 5.97 Å². The van der Waals surface area contributed by atoms with Gasteiger partial charge in [-0.1, -0.05) is 22.0 Å². The Morgan fingerprint density at radius 1 is 1.53 bits per heavy atom. The van der Waals surface area contributed by atoms with Crippen LogP contribution in [0.25, 0.3) is 0 Å². The lowest BCUT2D eigenvalue weighted by Crippen LogP contribution is -2.07. The number of hydrogen-bond donors (Lipinski definition) is 1. The van der Waals surface area contributed by atoms with Gasteiger partial charge < -0.3 is 5.11 Å². The van der Waals surface area contributed by atoms with Crippen molar-refractivity contribution >= 4 is 21.9 Å². The first-order valence-corrected chi connectivity index (χ1v) is 5.19. The minimum atomic E-state index is -1.15. The summed E-state index contributed by atoms with van der Waals surface area (Å²) in [5.74, 6) is -1.15. The number of nitrogens with zero attached hydrogens (tertiary/aromatic N) is 1. The van der Waals surface area contributed by atoms with Crippen molar-refractivity contribution in [1.29, 1.82) is 0 Å². The molecule has 1 aromatic carbocycles. The predicted molar refractivity (Wildman–Crippen MR) is 56.7 cm³/mol. The summed E-state index contributed by atoms with van der Waals surface area (Å²) < 4.78 is 0. The van der Waals surface area contributed by atoms with Crippen LogP contribution in [0.3, 0.4) is 0 Å². The van der Waals surface area contributed by atoms with E-state index < -0.39 is 17.4 Å². The van der Waals surface area contributed by atoms with Gasteiger partial charge in [-0.25, -0.2) is 4.79 Å². The molecule has 0 radical (unpaired) electrons. The first-order chi connectivity index (χ1) is 7.04. The van der Waals surface area contributed by atoms with Crippen LogP contribution in [-0.4, -0.2) is 16.0 Å². The summed E-state index contributed by atoms with van der Waals surface area (Å²) in [5, 5.41) is 19.7. The molecule has 0 bridgehead atoms. The number of carboxylic acids is 1. The minimum absolute atomic E-state index is 0.0172. The number of carboxylic acid groups (broad SMARTS) is 1. The van der Waals surface area contributed by atoms with E-state index in [1.807, 2.05) is 0 Å². The zero-order valence-corrected chi connectivity index (χ0v) is 9.23. The summed E-state index contributed by atoms with van der Waals surface area (Å²) in [6, 6.07) is 4.54. The lowest BCUT2D eigenvalue weighted by Gasteiger charge is -2.03. The highest BCUT2D eigenvalue weighted by molar-refractivity contribution is 9.08. The number of alkyl halides is 1. The molecule has 15 heavy (non-hydrogen) atoms. The van der Waals surface area contributed by atoms with Crippen LogP contribution in [0.4, 0.5) is 0 Å². The Morgan fingerprint density at radius 2 is 2.20 bits per heavy atom. The number of benzene rings is 1. The Hall–Kier alpha value is -1.43. The quantitative estimate of drug-likeness (QED) is 0.517. The molecule has 80 valence electrons. The van der Waals surface area contributed by atoms with Gasteiger partial charge in [-0.15, -0.1) is 0 Å². The summed E-state index contributed by atoms with van der Waals surface area (Å²) in [6.45, 7) is -0.470. The zero-order valence-electron chi connectivity index (χ0n) is 7.64. The number of aromatic carboxylic acids is 1. The van der Waals surface area contributed by atoms with E-state index in [1.165, 1.54) is 12.1 Å². The molecule has 6 heteroatoms. The SMILES string of the molecule is O=C(O)c1ccc(CBr)cc1C[N+](=O)[O-]. The molecule has 0 saturated heterocycles. The second-order valence-corrected chi connectivity index (χ2v) is 3.48. The van der Waals surface area contributed by atoms with Gasteiger partial charge in [-0.3, -0.25) is 10.1 Å². The Kier molecular flexibility index (Phi) is 3.79. The average Bonchev–Trinajstić information content (AvgIpc) is 2.16. The number of nitro groups is 1. The number of halogens is 1. The molecule has 0 aliphatic rings. The van der Waals surface area contributed by atoms with Gasteiger partial charge in [0.05, 0.1) is 5.56 Å². The molecule has 0 heterocycles. The molecule has 0 aromatic heterocycles. The van der Waals surface area contributed by atoms with Crippen LogP contribution in [0.5, 0.6) is 0 Å². The van der Waals surface area contributed by atoms with E-state index in [1.54, 1.807) is 6.07 Å². The molecule has 0 fully saturated rings. The fourth-order valence-corrected chi connectivity index (χ4v) is 1.56. The van der Waals surface area contributed by atoms with Crippen LogP contribution in [-0.2, 0) is 11.9 Å². The summed E-state index contributed by atoms with van der Waals surface area (Å²) in [7, 11) is 0. The fraction of sp³-hybridized carbons (Fsp3) is 0.222. The molecule has 5 nitrogen and oxygen atoms in total. The number of hydrogen-bond acceptors (Lipinski definition) is 3. The van der Waals surface area contributed by atoms with Gasteiger partial charge in [0.25, 0.3) is 0 Å². The summed E-state index contributed by atoms with van der Waals surface area (Å²) in [6.07, 6.45) is 0. The largest absolute Gasteiger partial charge is 0.478 e. The molecule has 1 rings (SSSR count). The van der Waals surface area contributed by atoms with Gasteiger partial charge in [0.1, 0.15) is 0 Å². The van der Waals surface area contributed by atoms with Crippen LogP contribution in [0.2, 0.25) is 0 Å². The topological polar surface area (TPSA) is 80.4 Å². The minimum Gasteiger partial charge on any atom is -0.478 e. The van der Waals surface area contributed by atoms with Crippen molar-refractivity contribution in [1.82, 2.24) is 0 Å². The van der Waals surface area contributed by atoms with Crippen molar-refractivity contribution in [2.24, 2.45) is 0 Å². The summed E-state index contributed by atoms with van der Waals surface area (Å²) >= 11 is 3.20. The van der Waals surface area contributed by atoms with E-state index in [0.717, 1.165) is 5.56 Å². The molecule has 1 aromatic rings. The molecular weight excluding hydrogens is 266 g/mol. The van der Waals surface area contributed by atoms with E-state index in [0.29, 0.717) is 5.33 Å². The van der Waals surface area contributed by atoms with E-state index in [2.05, 4.69) is 15.9 Å². The molecule has 0 atom stereocenters. The molecule has 0 aliphatic carbocycles. The van der Waals surface area contributed by atoms with E-state index in [9.17, 15) is 14.9 Å². The smallest absolute Gasteiger partial charge is 0.336 e. The van der Waals surface area contributed by atoms with Crippen LogP contribution in [0, 0.1) is 10.1 Å².